The molecule has 0 saturated carbocycles. The van der Waals surface area contributed by atoms with Crippen LogP contribution in [0, 0.1) is 12.8 Å². The number of aryl methyl sites for hydroxylation is 1. The number of carbonyl (C=O) groups is 1. The minimum absolute atomic E-state index is 0. The molecule has 1 aliphatic rings. The maximum absolute atomic E-state index is 12.3. The van der Waals surface area contributed by atoms with Crippen molar-refractivity contribution in [3.63, 3.8) is 0 Å². The van der Waals surface area contributed by atoms with Gasteiger partial charge in [-0.1, -0.05) is 41.9 Å². The lowest BCUT2D eigenvalue weighted by Crippen LogP contribution is -2.48. The van der Waals surface area contributed by atoms with E-state index in [1.54, 1.807) is 6.07 Å². The number of piperidine rings is 1. The van der Waals surface area contributed by atoms with E-state index < -0.39 is 0 Å². The van der Waals surface area contributed by atoms with Crippen molar-refractivity contribution >= 4 is 18.3 Å². The lowest BCUT2D eigenvalue weighted by Gasteiger charge is -2.29. The standard InChI is InChI=1S/C17H21N3O2.ClH/c1-11-3-5-13(6-4-11)15-9-16(22-20-15)17(21)19-14-7-8-18-10-12(14)2;/h3-6,9,12,14,18H,7-8,10H2,1-2H3,(H,19,21);1H. The fourth-order valence-corrected chi connectivity index (χ4v) is 2.71. The van der Waals surface area contributed by atoms with E-state index >= 15 is 0 Å². The molecule has 2 unspecified atom stereocenters. The Morgan fingerprint density at radius 2 is 2.09 bits per heavy atom. The highest BCUT2D eigenvalue weighted by atomic mass is 35.5. The fourth-order valence-electron chi connectivity index (χ4n) is 2.71. The third kappa shape index (κ3) is 4.12. The molecule has 2 atom stereocenters. The third-order valence-corrected chi connectivity index (χ3v) is 4.18. The van der Waals surface area contributed by atoms with Crippen LogP contribution in [-0.2, 0) is 0 Å². The van der Waals surface area contributed by atoms with Gasteiger partial charge in [-0.3, -0.25) is 4.79 Å². The number of benzene rings is 1. The lowest BCUT2D eigenvalue weighted by molar-refractivity contribution is 0.0877. The molecule has 2 heterocycles. The average molecular weight is 336 g/mol. The van der Waals surface area contributed by atoms with E-state index in [4.69, 9.17) is 4.52 Å². The van der Waals surface area contributed by atoms with Gasteiger partial charge in [0.2, 0.25) is 5.76 Å². The summed E-state index contributed by atoms with van der Waals surface area (Å²) in [5.74, 6) is 0.489. The summed E-state index contributed by atoms with van der Waals surface area (Å²) in [4.78, 5) is 12.3. The van der Waals surface area contributed by atoms with Crippen LogP contribution in [0.15, 0.2) is 34.9 Å². The summed E-state index contributed by atoms with van der Waals surface area (Å²) in [6.45, 7) is 6.02. The summed E-state index contributed by atoms with van der Waals surface area (Å²) in [5.41, 5.74) is 2.82. The number of hydrogen-bond acceptors (Lipinski definition) is 4. The quantitative estimate of drug-likeness (QED) is 0.905. The minimum atomic E-state index is -0.190. The molecule has 0 spiro atoms. The Morgan fingerprint density at radius 1 is 1.35 bits per heavy atom. The number of carbonyl (C=O) groups excluding carboxylic acids is 1. The number of rotatable bonds is 3. The van der Waals surface area contributed by atoms with Crippen LogP contribution in [0.1, 0.15) is 29.5 Å². The van der Waals surface area contributed by atoms with Crippen LogP contribution in [0.25, 0.3) is 11.3 Å². The summed E-state index contributed by atoms with van der Waals surface area (Å²) in [7, 11) is 0. The minimum Gasteiger partial charge on any atom is -0.350 e. The maximum atomic E-state index is 12.3. The fraction of sp³-hybridized carbons (Fsp3) is 0.412. The van der Waals surface area contributed by atoms with Crippen molar-refractivity contribution < 1.29 is 9.32 Å². The molecule has 5 nitrogen and oxygen atoms in total. The van der Waals surface area contributed by atoms with Gasteiger partial charge < -0.3 is 15.2 Å². The summed E-state index contributed by atoms with van der Waals surface area (Å²) in [6.07, 6.45) is 0.936. The Bertz CT molecular complexity index is 654. The molecule has 1 aromatic heterocycles. The van der Waals surface area contributed by atoms with Gasteiger partial charge in [0.1, 0.15) is 5.69 Å². The SMILES string of the molecule is Cc1ccc(-c2cc(C(=O)NC3CCNCC3C)on2)cc1.Cl. The first kappa shape index (κ1) is 17.5. The second-order valence-corrected chi connectivity index (χ2v) is 5.99. The van der Waals surface area contributed by atoms with Gasteiger partial charge in [-0.05, 0) is 32.4 Å². The van der Waals surface area contributed by atoms with E-state index in [0.717, 1.165) is 25.1 Å². The van der Waals surface area contributed by atoms with E-state index in [1.807, 2.05) is 31.2 Å². The predicted octanol–water partition coefficient (Wildman–Crippen LogP) is 2.80. The highest BCUT2D eigenvalue weighted by Gasteiger charge is 2.24. The molecule has 6 heteroatoms. The van der Waals surface area contributed by atoms with E-state index in [-0.39, 0.29) is 30.1 Å². The van der Waals surface area contributed by atoms with Gasteiger partial charge in [0.25, 0.3) is 5.91 Å². The molecular weight excluding hydrogens is 314 g/mol. The summed E-state index contributed by atoms with van der Waals surface area (Å²) < 4.78 is 5.21. The largest absolute Gasteiger partial charge is 0.350 e. The van der Waals surface area contributed by atoms with E-state index in [0.29, 0.717) is 11.6 Å². The Balaban J connectivity index is 0.00000192. The van der Waals surface area contributed by atoms with Crippen molar-refractivity contribution in [2.75, 3.05) is 13.1 Å². The number of amides is 1. The molecule has 1 fully saturated rings. The van der Waals surface area contributed by atoms with Crippen molar-refractivity contribution in [3.05, 3.63) is 41.7 Å². The Kier molecular flexibility index (Phi) is 5.80. The molecule has 3 rings (SSSR count). The number of nitrogens with zero attached hydrogens (tertiary/aromatic N) is 1. The highest BCUT2D eigenvalue weighted by Crippen LogP contribution is 2.20. The topological polar surface area (TPSA) is 67.2 Å². The Morgan fingerprint density at radius 3 is 2.78 bits per heavy atom. The zero-order chi connectivity index (χ0) is 15.5. The number of halogens is 1. The van der Waals surface area contributed by atoms with Crippen LogP contribution in [-0.4, -0.2) is 30.2 Å². The Labute approximate surface area is 142 Å². The van der Waals surface area contributed by atoms with Gasteiger partial charge in [0, 0.05) is 17.7 Å². The van der Waals surface area contributed by atoms with Crippen molar-refractivity contribution in [3.8, 4) is 11.3 Å². The third-order valence-electron chi connectivity index (χ3n) is 4.18. The monoisotopic (exact) mass is 335 g/mol. The van der Waals surface area contributed by atoms with Gasteiger partial charge in [-0.2, -0.15) is 0 Å². The second kappa shape index (κ2) is 7.62. The summed E-state index contributed by atoms with van der Waals surface area (Å²) in [5, 5.41) is 10.4. The molecule has 1 amide bonds. The molecule has 2 aromatic rings. The first-order valence-corrected chi connectivity index (χ1v) is 7.69. The van der Waals surface area contributed by atoms with Crippen LogP contribution >= 0.6 is 12.4 Å². The van der Waals surface area contributed by atoms with Crippen molar-refractivity contribution in [2.45, 2.75) is 26.3 Å². The molecule has 23 heavy (non-hydrogen) atoms. The molecule has 0 bridgehead atoms. The Hall–Kier alpha value is -1.85. The van der Waals surface area contributed by atoms with Crippen LogP contribution in [0.5, 0.6) is 0 Å². The molecule has 1 saturated heterocycles. The zero-order valence-electron chi connectivity index (χ0n) is 13.3. The molecule has 2 N–H and O–H groups in total. The van der Waals surface area contributed by atoms with Gasteiger partial charge in [-0.15, -0.1) is 12.4 Å². The molecule has 0 radical (unpaired) electrons. The van der Waals surface area contributed by atoms with Crippen LogP contribution in [0.3, 0.4) is 0 Å². The maximum Gasteiger partial charge on any atom is 0.290 e. The first-order valence-electron chi connectivity index (χ1n) is 7.69. The summed E-state index contributed by atoms with van der Waals surface area (Å²) in [6, 6.07) is 9.86. The van der Waals surface area contributed by atoms with Crippen molar-refractivity contribution in [1.82, 2.24) is 15.8 Å². The first-order chi connectivity index (χ1) is 10.6. The average Bonchev–Trinajstić information content (AvgIpc) is 3.00. The van der Waals surface area contributed by atoms with Crippen molar-refractivity contribution in [1.29, 1.82) is 0 Å². The number of hydrogen-bond donors (Lipinski definition) is 2. The van der Waals surface area contributed by atoms with Crippen molar-refractivity contribution in [2.24, 2.45) is 5.92 Å². The zero-order valence-corrected chi connectivity index (χ0v) is 14.2. The van der Waals surface area contributed by atoms with Crippen LogP contribution in [0.2, 0.25) is 0 Å². The molecule has 1 aliphatic heterocycles. The molecular formula is C17H22ClN3O2. The van der Waals surface area contributed by atoms with Gasteiger partial charge >= 0.3 is 0 Å². The molecule has 124 valence electrons. The van der Waals surface area contributed by atoms with Gasteiger partial charge in [-0.25, -0.2) is 0 Å². The molecule has 0 aliphatic carbocycles. The lowest BCUT2D eigenvalue weighted by atomic mass is 9.95. The summed E-state index contributed by atoms with van der Waals surface area (Å²) >= 11 is 0. The highest BCUT2D eigenvalue weighted by molar-refractivity contribution is 5.92. The van der Waals surface area contributed by atoms with Gasteiger partial charge in [0.15, 0.2) is 0 Å². The second-order valence-electron chi connectivity index (χ2n) is 5.99. The predicted molar refractivity (Wildman–Crippen MR) is 91.8 cm³/mol. The van der Waals surface area contributed by atoms with Crippen LogP contribution < -0.4 is 10.6 Å². The molecule has 1 aromatic carbocycles. The van der Waals surface area contributed by atoms with E-state index in [1.165, 1.54) is 5.56 Å². The van der Waals surface area contributed by atoms with E-state index in [9.17, 15) is 4.79 Å². The number of nitrogens with one attached hydrogen (secondary N) is 2. The normalized spacial score (nSPS) is 20.6. The van der Waals surface area contributed by atoms with Crippen LogP contribution in [0.4, 0.5) is 0 Å². The number of aromatic nitrogens is 1. The smallest absolute Gasteiger partial charge is 0.290 e. The van der Waals surface area contributed by atoms with E-state index in [2.05, 4.69) is 22.7 Å². The van der Waals surface area contributed by atoms with Gasteiger partial charge in [0.05, 0.1) is 0 Å².